The van der Waals surface area contributed by atoms with Crippen molar-refractivity contribution in [1.82, 2.24) is 0 Å². The van der Waals surface area contributed by atoms with Crippen LogP contribution in [0.1, 0.15) is 24.0 Å². The van der Waals surface area contributed by atoms with Crippen LogP contribution in [0.4, 0.5) is 17.1 Å². The van der Waals surface area contributed by atoms with Crippen LogP contribution in [0.15, 0.2) is 42.5 Å². The number of rotatable bonds is 5. The molecule has 2 aliphatic rings. The molecule has 0 atom stereocenters. The normalized spacial score (nSPS) is 15.5. The molecule has 26 heavy (non-hydrogen) atoms. The number of carbonyl (C=O) groups excluding carboxylic acids is 2. The van der Waals surface area contributed by atoms with Crippen molar-refractivity contribution >= 4 is 28.9 Å². The molecule has 134 valence electrons. The van der Waals surface area contributed by atoms with E-state index in [-0.39, 0.29) is 24.3 Å². The van der Waals surface area contributed by atoms with Gasteiger partial charge in [0.15, 0.2) is 0 Å². The summed E-state index contributed by atoms with van der Waals surface area (Å²) in [6, 6.07) is 13.8. The van der Waals surface area contributed by atoms with Crippen molar-refractivity contribution in [2.45, 2.75) is 26.2 Å². The van der Waals surface area contributed by atoms with Gasteiger partial charge in [-0.25, -0.2) is 0 Å². The van der Waals surface area contributed by atoms with Gasteiger partial charge in [-0.2, -0.15) is 0 Å². The Morgan fingerprint density at radius 1 is 1.08 bits per heavy atom. The first kappa shape index (κ1) is 16.6. The number of hydrogen-bond donors (Lipinski definition) is 2. The van der Waals surface area contributed by atoms with Gasteiger partial charge in [0, 0.05) is 29.5 Å². The van der Waals surface area contributed by atoms with Gasteiger partial charge in [0.25, 0.3) is 0 Å². The molecule has 4 rings (SSSR count). The van der Waals surface area contributed by atoms with Crippen LogP contribution in [0.25, 0.3) is 0 Å². The highest BCUT2D eigenvalue weighted by atomic mass is 16.2. The maximum Gasteiger partial charge on any atom is 0.246 e. The Balaban J connectivity index is 1.41. The smallest absolute Gasteiger partial charge is 0.246 e. The van der Waals surface area contributed by atoms with Gasteiger partial charge in [-0.3, -0.25) is 9.59 Å². The van der Waals surface area contributed by atoms with Gasteiger partial charge in [-0.05, 0) is 55.5 Å². The Labute approximate surface area is 153 Å². The number of nitrogens with zero attached hydrogens (tertiary/aromatic N) is 1. The molecule has 0 aromatic heterocycles. The third kappa shape index (κ3) is 3.29. The first-order valence-electron chi connectivity index (χ1n) is 9.16. The summed E-state index contributed by atoms with van der Waals surface area (Å²) in [6.07, 6.45) is 2.87. The average molecular weight is 349 g/mol. The molecular weight excluding hydrogens is 326 g/mol. The molecule has 2 amide bonds. The predicted molar refractivity (Wildman–Crippen MR) is 104 cm³/mol. The molecule has 1 aliphatic heterocycles. The Kier molecular flexibility index (Phi) is 4.37. The van der Waals surface area contributed by atoms with E-state index in [1.807, 2.05) is 48.2 Å². The number of carbonyl (C=O) groups is 2. The molecule has 0 spiro atoms. The minimum absolute atomic E-state index is 0.0572. The summed E-state index contributed by atoms with van der Waals surface area (Å²) in [5.41, 5.74) is 4.88. The van der Waals surface area contributed by atoms with E-state index in [1.165, 1.54) is 5.56 Å². The van der Waals surface area contributed by atoms with Crippen LogP contribution in [0.2, 0.25) is 0 Å². The molecule has 1 aliphatic carbocycles. The lowest BCUT2D eigenvalue weighted by molar-refractivity contribution is -0.117. The summed E-state index contributed by atoms with van der Waals surface area (Å²) < 4.78 is 0. The van der Waals surface area contributed by atoms with Crippen LogP contribution in [-0.2, 0) is 16.0 Å². The maximum atomic E-state index is 12.6. The Morgan fingerprint density at radius 3 is 2.65 bits per heavy atom. The van der Waals surface area contributed by atoms with E-state index in [9.17, 15) is 9.59 Å². The lowest BCUT2D eigenvalue weighted by Crippen LogP contribution is -2.34. The second-order valence-electron chi connectivity index (χ2n) is 7.02. The minimum Gasteiger partial charge on any atom is -0.376 e. The molecule has 2 aromatic rings. The molecule has 0 saturated heterocycles. The number of para-hydroxylation sites is 1. The summed E-state index contributed by atoms with van der Waals surface area (Å²) in [5.74, 6) is 0.319. The molecule has 0 radical (unpaired) electrons. The highest BCUT2D eigenvalue weighted by Crippen LogP contribution is 2.32. The van der Waals surface area contributed by atoms with Crippen LogP contribution in [0.3, 0.4) is 0 Å². The zero-order valence-electron chi connectivity index (χ0n) is 14.9. The largest absolute Gasteiger partial charge is 0.376 e. The monoisotopic (exact) mass is 349 g/mol. The molecule has 1 heterocycles. The van der Waals surface area contributed by atoms with E-state index in [0.717, 1.165) is 48.4 Å². The summed E-state index contributed by atoms with van der Waals surface area (Å²) >= 11 is 0. The molecule has 5 heteroatoms. The topological polar surface area (TPSA) is 61.4 Å². The molecule has 1 saturated carbocycles. The second kappa shape index (κ2) is 6.83. The minimum atomic E-state index is 0.0572. The van der Waals surface area contributed by atoms with Gasteiger partial charge in [-0.15, -0.1) is 0 Å². The number of anilines is 3. The van der Waals surface area contributed by atoms with Crippen LogP contribution >= 0.6 is 0 Å². The zero-order chi connectivity index (χ0) is 18.1. The van der Waals surface area contributed by atoms with Crippen LogP contribution in [-0.4, -0.2) is 24.9 Å². The first-order chi connectivity index (χ1) is 12.6. The van der Waals surface area contributed by atoms with E-state index < -0.39 is 0 Å². The number of fused-ring (bicyclic) bond motifs is 1. The van der Waals surface area contributed by atoms with Crippen molar-refractivity contribution in [3.8, 4) is 0 Å². The average Bonchev–Trinajstić information content (AvgIpc) is 3.41. The van der Waals surface area contributed by atoms with Gasteiger partial charge < -0.3 is 15.5 Å². The van der Waals surface area contributed by atoms with Crippen molar-refractivity contribution in [2.75, 3.05) is 28.6 Å². The fraction of sp³-hybridized carbons (Fsp3) is 0.333. The van der Waals surface area contributed by atoms with Gasteiger partial charge >= 0.3 is 0 Å². The van der Waals surface area contributed by atoms with Crippen LogP contribution < -0.4 is 15.5 Å². The highest BCUT2D eigenvalue weighted by Gasteiger charge is 2.30. The van der Waals surface area contributed by atoms with E-state index in [0.29, 0.717) is 0 Å². The van der Waals surface area contributed by atoms with E-state index in [1.54, 1.807) is 0 Å². The van der Waals surface area contributed by atoms with Gasteiger partial charge in [0.05, 0.1) is 6.54 Å². The quantitative estimate of drug-likeness (QED) is 0.870. The highest BCUT2D eigenvalue weighted by molar-refractivity contribution is 5.98. The molecule has 0 bridgehead atoms. The number of hydrogen-bond acceptors (Lipinski definition) is 3. The summed E-state index contributed by atoms with van der Waals surface area (Å²) in [5, 5.41) is 6.23. The molecule has 2 N–H and O–H groups in total. The fourth-order valence-corrected chi connectivity index (χ4v) is 3.41. The maximum absolute atomic E-state index is 12.6. The molecule has 0 unspecified atom stereocenters. The van der Waals surface area contributed by atoms with Crippen molar-refractivity contribution in [3.05, 3.63) is 53.6 Å². The fourth-order valence-electron chi connectivity index (χ4n) is 3.41. The van der Waals surface area contributed by atoms with Crippen LogP contribution in [0.5, 0.6) is 0 Å². The number of amides is 2. The summed E-state index contributed by atoms with van der Waals surface area (Å²) in [6.45, 7) is 2.92. The lowest BCUT2D eigenvalue weighted by Gasteiger charge is -2.19. The van der Waals surface area contributed by atoms with Gasteiger partial charge in [0.2, 0.25) is 11.8 Å². The first-order valence-corrected chi connectivity index (χ1v) is 9.16. The molecule has 5 nitrogen and oxygen atoms in total. The number of nitrogens with one attached hydrogen (secondary N) is 2. The number of benzene rings is 2. The summed E-state index contributed by atoms with van der Waals surface area (Å²) in [4.78, 5) is 26.5. The standard InChI is InChI=1S/C21H23N3O2/c1-14-17(6-4-7-18(14)23-21(26)16-9-10-16)22-13-20(25)24-12-11-15-5-2-3-8-19(15)24/h2-8,16,22H,9-13H2,1H3,(H,23,26). The second-order valence-corrected chi connectivity index (χ2v) is 7.02. The third-order valence-electron chi connectivity index (χ3n) is 5.16. The SMILES string of the molecule is Cc1c(NCC(=O)N2CCc3ccccc32)cccc1NC(=O)C1CC1. The van der Waals surface area contributed by atoms with Crippen LogP contribution in [0, 0.1) is 12.8 Å². The van der Waals surface area contributed by atoms with Gasteiger partial charge in [-0.1, -0.05) is 24.3 Å². The molecule has 2 aromatic carbocycles. The zero-order valence-corrected chi connectivity index (χ0v) is 14.9. The molecule has 1 fully saturated rings. The van der Waals surface area contributed by atoms with Crippen molar-refractivity contribution < 1.29 is 9.59 Å². The summed E-state index contributed by atoms with van der Waals surface area (Å²) in [7, 11) is 0. The van der Waals surface area contributed by atoms with E-state index >= 15 is 0 Å². The van der Waals surface area contributed by atoms with E-state index in [2.05, 4.69) is 16.7 Å². The third-order valence-corrected chi connectivity index (χ3v) is 5.16. The van der Waals surface area contributed by atoms with Crippen molar-refractivity contribution in [1.29, 1.82) is 0 Å². The Bertz CT molecular complexity index is 858. The Hall–Kier alpha value is -2.82. The van der Waals surface area contributed by atoms with E-state index in [4.69, 9.17) is 0 Å². The van der Waals surface area contributed by atoms with Crippen molar-refractivity contribution in [3.63, 3.8) is 0 Å². The Morgan fingerprint density at radius 2 is 1.85 bits per heavy atom. The lowest BCUT2D eigenvalue weighted by atomic mass is 10.1. The van der Waals surface area contributed by atoms with Gasteiger partial charge in [0.1, 0.15) is 0 Å². The van der Waals surface area contributed by atoms with Crippen molar-refractivity contribution in [2.24, 2.45) is 5.92 Å². The molecular formula is C21H23N3O2. The predicted octanol–water partition coefficient (Wildman–Crippen LogP) is 3.34.